The molecule has 0 aromatic rings. The third kappa shape index (κ3) is 4.49. The quantitative estimate of drug-likeness (QED) is 0.715. The SMILES string of the molecule is O=C(C1=C[C@H](C2CCC2)C[C@H](OCCCCO)O1)N1CCOCC1. The van der Waals surface area contributed by atoms with Crippen molar-refractivity contribution in [3.63, 3.8) is 0 Å². The molecule has 1 saturated heterocycles. The van der Waals surface area contributed by atoms with Crippen LogP contribution in [0.2, 0.25) is 0 Å². The minimum atomic E-state index is -0.348. The summed E-state index contributed by atoms with van der Waals surface area (Å²) >= 11 is 0. The monoisotopic (exact) mass is 339 g/mol. The van der Waals surface area contributed by atoms with E-state index in [0.29, 0.717) is 50.5 Å². The fourth-order valence-corrected chi connectivity index (χ4v) is 3.48. The Morgan fingerprint density at radius 3 is 2.75 bits per heavy atom. The molecular weight excluding hydrogens is 310 g/mol. The van der Waals surface area contributed by atoms with Crippen LogP contribution in [0.25, 0.3) is 0 Å². The summed E-state index contributed by atoms with van der Waals surface area (Å²) in [6, 6.07) is 0. The standard InChI is InChI=1S/C18H29NO5/c20-8-1-2-9-23-17-13-15(14-4-3-5-14)12-16(24-17)18(21)19-6-10-22-11-7-19/h12,14-15,17,20H,1-11,13H2/t15-,17+/m0/s1. The van der Waals surface area contributed by atoms with Crippen molar-refractivity contribution in [2.45, 2.75) is 44.8 Å². The predicted molar refractivity (Wildman–Crippen MR) is 88.1 cm³/mol. The predicted octanol–water partition coefficient (Wildman–Crippen LogP) is 1.68. The van der Waals surface area contributed by atoms with Crippen LogP contribution < -0.4 is 0 Å². The second-order valence-corrected chi connectivity index (χ2v) is 6.87. The van der Waals surface area contributed by atoms with E-state index in [4.69, 9.17) is 19.3 Å². The maximum atomic E-state index is 12.7. The molecule has 0 spiro atoms. The van der Waals surface area contributed by atoms with Gasteiger partial charge in [-0.2, -0.15) is 0 Å². The molecule has 1 aliphatic carbocycles. The molecule has 3 rings (SSSR count). The van der Waals surface area contributed by atoms with E-state index in [1.54, 1.807) is 4.90 Å². The Balaban J connectivity index is 1.61. The highest BCUT2D eigenvalue weighted by atomic mass is 16.7. The van der Waals surface area contributed by atoms with Gasteiger partial charge in [-0.05, 0) is 43.6 Å². The van der Waals surface area contributed by atoms with Crippen LogP contribution in [-0.4, -0.2) is 61.7 Å². The van der Waals surface area contributed by atoms with Gasteiger partial charge in [0.1, 0.15) is 0 Å². The van der Waals surface area contributed by atoms with Gasteiger partial charge in [0, 0.05) is 26.1 Å². The summed E-state index contributed by atoms with van der Waals surface area (Å²) in [4.78, 5) is 14.5. The molecule has 1 amide bonds. The maximum Gasteiger partial charge on any atom is 0.288 e. The number of aliphatic hydroxyl groups excluding tert-OH is 1. The van der Waals surface area contributed by atoms with Crippen molar-refractivity contribution in [3.05, 3.63) is 11.8 Å². The van der Waals surface area contributed by atoms with Crippen molar-refractivity contribution >= 4 is 5.91 Å². The molecule has 0 unspecified atom stereocenters. The summed E-state index contributed by atoms with van der Waals surface area (Å²) in [6.07, 6.45) is 7.80. The van der Waals surface area contributed by atoms with Crippen LogP contribution in [0.4, 0.5) is 0 Å². The summed E-state index contributed by atoms with van der Waals surface area (Å²) in [6.45, 7) is 3.16. The van der Waals surface area contributed by atoms with E-state index < -0.39 is 0 Å². The summed E-state index contributed by atoms with van der Waals surface area (Å²) in [5.41, 5.74) is 0. The average molecular weight is 339 g/mol. The minimum absolute atomic E-state index is 0.0359. The smallest absolute Gasteiger partial charge is 0.288 e. The number of carbonyl (C=O) groups is 1. The van der Waals surface area contributed by atoms with E-state index >= 15 is 0 Å². The number of rotatable bonds is 7. The van der Waals surface area contributed by atoms with E-state index in [1.807, 2.05) is 6.08 Å². The van der Waals surface area contributed by atoms with Gasteiger partial charge >= 0.3 is 0 Å². The molecule has 2 fully saturated rings. The summed E-state index contributed by atoms with van der Waals surface area (Å²) in [5.74, 6) is 1.44. The van der Waals surface area contributed by atoms with Gasteiger partial charge < -0.3 is 24.2 Å². The van der Waals surface area contributed by atoms with Crippen LogP contribution in [0, 0.1) is 11.8 Å². The third-order valence-electron chi connectivity index (χ3n) is 5.21. The first-order valence-corrected chi connectivity index (χ1v) is 9.26. The lowest BCUT2D eigenvalue weighted by molar-refractivity contribution is -0.160. The Morgan fingerprint density at radius 1 is 1.29 bits per heavy atom. The van der Waals surface area contributed by atoms with E-state index in [9.17, 15) is 4.79 Å². The van der Waals surface area contributed by atoms with E-state index in [1.165, 1.54) is 19.3 Å². The number of hydrogen-bond donors (Lipinski definition) is 1. The number of ether oxygens (including phenoxy) is 3. The van der Waals surface area contributed by atoms with Gasteiger partial charge in [0.15, 0.2) is 5.76 Å². The number of morpholine rings is 1. The number of allylic oxidation sites excluding steroid dienone is 1. The molecule has 0 radical (unpaired) electrons. The molecule has 136 valence electrons. The molecule has 2 aliphatic heterocycles. The van der Waals surface area contributed by atoms with Gasteiger partial charge in [0.25, 0.3) is 5.91 Å². The highest BCUT2D eigenvalue weighted by Gasteiger charge is 2.35. The molecule has 6 heteroatoms. The Labute approximate surface area is 143 Å². The lowest BCUT2D eigenvalue weighted by atomic mass is 9.73. The molecule has 0 aromatic heterocycles. The minimum Gasteiger partial charge on any atom is -0.459 e. The molecule has 0 bridgehead atoms. The Morgan fingerprint density at radius 2 is 2.08 bits per heavy atom. The van der Waals surface area contributed by atoms with Crippen molar-refractivity contribution in [3.8, 4) is 0 Å². The number of amides is 1. The Hall–Kier alpha value is -1.11. The molecular formula is C18H29NO5. The van der Waals surface area contributed by atoms with Crippen LogP contribution >= 0.6 is 0 Å². The summed E-state index contributed by atoms with van der Waals surface area (Å²) < 4.78 is 17.0. The van der Waals surface area contributed by atoms with Crippen LogP contribution in [0.3, 0.4) is 0 Å². The van der Waals surface area contributed by atoms with E-state index in [2.05, 4.69) is 0 Å². The number of unbranched alkanes of at least 4 members (excludes halogenated alkanes) is 1. The van der Waals surface area contributed by atoms with Crippen LogP contribution in [-0.2, 0) is 19.0 Å². The third-order valence-corrected chi connectivity index (χ3v) is 5.21. The summed E-state index contributed by atoms with van der Waals surface area (Å²) in [7, 11) is 0. The highest BCUT2D eigenvalue weighted by molar-refractivity contribution is 5.91. The van der Waals surface area contributed by atoms with Gasteiger partial charge in [0.05, 0.1) is 19.8 Å². The van der Waals surface area contributed by atoms with Crippen molar-refractivity contribution < 1.29 is 24.1 Å². The molecule has 6 nitrogen and oxygen atoms in total. The second kappa shape index (κ2) is 8.83. The molecule has 1 saturated carbocycles. The normalized spacial score (nSPS) is 28.0. The van der Waals surface area contributed by atoms with Gasteiger partial charge in [-0.3, -0.25) is 4.79 Å². The van der Waals surface area contributed by atoms with Crippen LogP contribution in [0.5, 0.6) is 0 Å². The van der Waals surface area contributed by atoms with Gasteiger partial charge in [-0.15, -0.1) is 0 Å². The molecule has 24 heavy (non-hydrogen) atoms. The average Bonchev–Trinajstić information content (AvgIpc) is 2.57. The maximum absolute atomic E-state index is 12.7. The van der Waals surface area contributed by atoms with Gasteiger partial charge in [0.2, 0.25) is 6.29 Å². The zero-order valence-corrected chi connectivity index (χ0v) is 14.3. The zero-order valence-electron chi connectivity index (χ0n) is 14.3. The second-order valence-electron chi connectivity index (χ2n) is 6.87. The number of hydrogen-bond acceptors (Lipinski definition) is 5. The van der Waals surface area contributed by atoms with E-state index in [0.717, 1.165) is 19.3 Å². The zero-order chi connectivity index (χ0) is 16.8. The topological polar surface area (TPSA) is 68.2 Å². The highest BCUT2D eigenvalue weighted by Crippen LogP contribution is 2.40. The molecule has 0 aromatic carbocycles. The number of carbonyl (C=O) groups excluding carboxylic acids is 1. The fraction of sp³-hybridized carbons (Fsp3) is 0.833. The molecule has 1 N–H and O–H groups in total. The number of aliphatic hydroxyl groups is 1. The molecule has 2 heterocycles. The molecule has 3 aliphatic rings. The first-order chi connectivity index (χ1) is 11.8. The first-order valence-electron chi connectivity index (χ1n) is 9.26. The largest absolute Gasteiger partial charge is 0.459 e. The molecule has 2 atom stereocenters. The number of nitrogens with zero attached hydrogens (tertiary/aromatic N) is 1. The summed E-state index contributed by atoms with van der Waals surface area (Å²) in [5, 5.41) is 8.86. The van der Waals surface area contributed by atoms with Crippen molar-refractivity contribution in [1.29, 1.82) is 0 Å². The van der Waals surface area contributed by atoms with Gasteiger partial charge in [-0.25, -0.2) is 0 Å². The fourth-order valence-electron chi connectivity index (χ4n) is 3.48. The Kier molecular flexibility index (Phi) is 6.51. The van der Waals surface area contributed by atoms with Gasteiger partial charge in [-0.1, -0.05) is 6.42 Å². The van der Waals surface area contributed by atoms with Crippen molar-refractivity contribution in [2.75, 3.05) is 39.5 Å². The lowest BCUT2D eigenvalue weighted by Gasteiger charge is -2.38. The van der Waals surface area contributed by atoms with Crippen LogP contribution in [0.15, 0.2) is 11.8 Å². The van der Waals surface area contributed by atoms with Crippen molar-refractivity contribution in [2.24, 2.45) is 11.8 Å². The lowest BCUT2D eigenvalue weighted by Crippen LogP contribution is -2.43. The van der Waals surface area contributed by atoms with Crippen molar-refractivity contribution in [1.82, 2.24) is 4.90 Å². The van der Waals surface area contributed by atoms with Crippen LogP contribution in [0.1, 0.15) is 38.5 Å². The Bertz CT molecular complexity index is 443. The first kappa shape index (κ1) is 17.7. The van der Waals surface area contributed by atoms with E-state index in [-0.39, 0.29) is 18.8 Å².